The average Bonchev–Trinajstić information content (AvgIpc) is 2.21. The zero-order valence-electron chi connectivity index (χ0n) is 10.5. The van der Waals surface area contributed by atoms with E-state index in [0.717, 1.165) is 0 Å². The van der Waals surface area contributed by atoms with E-state index >= 15 is 0 Å². The fourth-order valence-corrected chi connectivity index (χ4v) is 1.59. The molecule has 0 aliphatic heterocycles. The van der Waals surface area contributed by atoms with Gasteiger partial charge < -0.3 is 13.8 Å². The van der Waals surface area contributed by atoms with E-state index in [1.54, 1.807) is 0 Å². The molecule has 0 fully saturated rings. The molecule has 0 aliphatic rings. The van der Waals surface area contributed by atoms with Crippen LogP contribution in [0, 0.1) is 0 Å². The second-order valence-electron chi connectivity index (χ2n) is 4.04. The minimum absolute atomic E-state index is 0.0231. The van der Waals surface area contributed by atoms with Gasteiger partial charge in [-0.3, -0.25) is 4.57 Å². The van der Waals surface area contributed by atoms with Crippen molar-refractivity contribution >= 4 is 7.60 Å². The summed E-state index contributed by atoms with van der Waals surface area (Å²) in [6.45, 7) is 5.77. The highest BCUT2D eigenvalue weighted by atomic mass is 31.2. The van der Waals surface area contributed by atoms with Gasteiger partial charge in [0.05, 0.1) is 18.4 Å². The molecular formula is C9H21O6P. The van der Waals surface area contributed by atoms with E-state index in [1.165, 1.54) is 14.2 Å². The first-order valence-corrected chi connectivity index (χ1v) is 6.65. The van der Waals surface area contributed by atoms with Crippen LogP contribution in [0.5, 0.6) is 0 Å². The van der Waals surface area contributed by atoms with Crippen LogP contribution < -0.4 is 0 Å². The van der Waals surface area contributed by atoms with E-state index in [0.29, 0.717) is 0 Å². The summed E-state index contributed by atoms with van der Waals surface area (Å²) >= 11 is 0. The first-order chi connectivity index (χ1) is 7.33. The maximum Gasteiger partial charge on any atom is 0.332 e. The molecule has 0 N–H and O–H groups in total. The molecule has 16 heavy (non-hydrogen) atoms. The summed E-state index contributed by atoms with van der Waals surface area (Å²) in [6, 6.07) is 0. The molecule has 0 saturated carbocycles. The van der Waals surface area contributed by atoms with Crippen molar-refractivity contribution in [1.82, 2.24) is 0 Å². The van der Waals surface area contributed by atoms with Crippen LogP contribution in [0.1, 0.15) is 20.8 Å². The van der Waals surface area contributed by atoms with E-state index in [-0.39, 0.29) is 25.2 Å². The third-order valence-electron chi connectivity index (χ3n) is 1.51. The minimum atomic E-state index is -2.98. The fourth-order valence-electron chi connectivity index (χ4n) is 0.727. The van der Waals surface area contributed by atoms with Gasteiger partial charge in [0.15, 0.2) is 6.79 Å². The Kier molecular flexibility index (Phi) is 7.39. The van der Waals surface area contributed by atoms with E-state index in [2.05, 4.69) is 0 Å². The van der Waals surface area contributed by atoms with E-state index in [4.69, 9.17) is 23.6 Å². The van der Waals surface area contributed by atoms with Crippen LogP contribution in [-0.4, -0.2) is 39.4 Å². The second kappa shape index (κ2) is 7.37. The Morgan fingerprint density at radius 3 is 2.12 bits per heavy atom. The molecule has 0 heterocycles. The van der Waals surface area contributed by atoms with Crippen molar-refractivity contribution in [2.75, 3.05) is 33.8 Å². The van der Waals surface area contributed by atoms with Crippen LogP contribution in [0.2, 0.25) is 0 Å². The molecule has 0 unspecified atom stereocenters. The standard InChI is InChI=1S/C9H21O6P/c1-9(2,3)15-14-8-13-6-7-16(10,11-4)12-5/h6-8H2,1-5H3. The molecule has 0 rings (SSSR count). The topological polar surface area (TPSA) is 63.2 Å². The summed E-state index contributed by atoms with van der Waals surface area (Å²) in [5.41, 5.74) is -0.377. The third-order valence-corrected chi connectivity index (χ3v) is 3.35. The molecule has 0 atom stereocenters. The molecule has 7 heteroatoms. The molecule has 0 amide bonds. The number of rotatable bonds is 8. The molecule has 0 spiro atoms. The number of hydrogen-bond donors (Lipinski definition) is 0. The van der Waals surface area contributed by atoms with Crippen molar-refractivity contribution < 1.29 is 28.1 Å². The van der Waals surface area contributed by atoms with Gasteiger partial charge in [0.25, 0.3) is 0 Å². The second-order valence-corrected chi connectivity index (χ2v) is 6.44. The normalized spacial score (nSPS) is 13.1. The summed E-state index contributed by atoms with van der Waals surface area (Å²) < 4.78 is 26.1. The van der Waals surface area contributed by atoms with Crippen LogP contribution in [0.3, 0.4) is 0 Å². The summed E-state index contributed by atoms with van der Waals surface area (Å²) in [5, 5.41) is 0. The van der Waals surface area contributed by atoms with Crippen molar-refractivity contribution in [2.24, 2.45) is 0 Å². The summed E-state index contributed by atoms with van der Waals surface area (Å²) in [7, 11) is -0.310. The Labute approximate surface area is 96.6 Å². The van der Waals surface area contributed by atoms with Crippen molar-refractivity contribution in [2.45, 2.75) is 26.4 Å². The Hall–Kier alpha value is 0.0300. The molecule has 0 aromatic carbocycles. The highest BCUT2D eigenvalue weighted by Gasteiger charge is 2.20. The lowest BCUT2D eigenvalue weighted by atomic mass is 10.2. The maximum atomic E-state index is 11.5. The van der Waals surface area contributed by atoms with Crippen LogP contribution in [-0.2, 0) is 28.1 Å². The largest absolute Gasteiger partial charge is 0.352 e. The molecule has 0 bridgehead atoms. The summed E-state index contributed by atoms with van der Waals surface area (Å²) in [6.07, 6.45) is 0.179. The van der Waals surface area contributed by atoms with Gasteiger partial charge in [-0.05, 0) is 20.8 Å². The molecule has 0 aromatic rings. The summed E-state index contributed by atoms with van der Waals surface area (Å²) in [4.78, 5) is 9.74. The average molecular weight is 256 g/mol. The van der Waals surface area contributed by atoms with Crippen molar-refractivity contribution in [3.8, 4) is 0 Å². The van der Waals surface area contributed by atoms with Crippen molar-refractivity contribution in [3.05, 3.63) is 0 Å². The Morgan fingerprint density at radius 1 is 1.12 bits per heavy atom. The van der Waals surface area contributed by atoms with Gasteiger partial charge in [-0.1, -0.05) is 0 Å². The lowest BCUT2D eigenvalue weighted by Crippen LogP contribution is -2.20. The molecule has 6 nitrogen and oxygen atoms in total. The zero-order valence-corrected chi connectivity index (χ0v) is 11.4. The van der Waals surface area contributed by atoms with Gasteiger partial charge in [0, 0.05) is 14.2 Å². The Morgan fingerprint density at radius 2 is 1.69 bits per heavy atom. The third kappa shape index (κ3) is 8.21. The van der Waals surface area contributed by atoms with Crippen molar-refractivity contribution in [1.29, 1.82) is 0 Å². The molecule has 0 aliphatic carbocycles. The molecule has 0 radical (unpaired) electrons. The fraction of sp³-hybridized carbons (Fsp3) is 1.00. The van der Waals surface area contributed by atoms with E-state index < -0.39 is 7.60 Å². The predicted molar refractivity (Wildman–Crippen MR) is 59.2 cm³/mol. The molecule has 0 aromatic heterocycles. The first-order valence-electron chi connectivity index (χ1n) is 4.92. The Balaban J connectivity index is 3.51. The van der Waals surface area contributed by atoms with Gasteiger partial charge in [-0.2, -0.15) is 0 Å². The zero-order chi connectivity index (χ0) is 12.7. The molecule has 98 valence electrons. The number of hydrogen-bond acceptors (Lipinski definition) is 6. The quantitative estimate of drug-likeness (QED) is 0.218. The van der Waals surface area contributed by atoms with Gasteiger partial charge in [-0.25, -0.2) is 9.78 Å². The number of ether oxygens (including phenoxy) is 1. The van der Waals surface area contributed by atoms with Gasteiger partial charge in [-0.15, -0.1) is 0 Å². The lowest BCUT2D eigenvalue weighted by molar-refractivity contribution is -0.380. The molecular weight excluding hydrogens is 235 g/mol. The van der Waals surface area contributed by atoms with Gasteiger partial charge >= 0.3 is 7.60 Å². The van der Waals surface area contributed by atoms with Gasteiger partial charge in [0.1, 0.15) is 0 Å². The predicted octanol–water partition coefficient (Wildman–Crippen LogP) is 2.19. The monoisotopic (exact) mass is 256 g/mol. The van der Waals surface area contributed by atoms with Gasteiger partial charge in [0.2, 0.25) is 0 Å². The van der Waals surface area contributed by atoms with E-state index in [9.17, 15) is 4.57 Å². The lowest BCUT2D eigenvalue weighted by Gasteiger charge is -2.17. The SMILES string of the molecule is COP(=O)(CCOCOOC(C)(C)C)OC. The van der Waals surface area contributed by atoms with Crippen LogP contribution in [0.15, 0.2) is 0 Å². The molecule has 0 saturated heterocycles. The van der Waals surface area contributed by atoms with Crippen molar-refractivity contribution in [3.63, 3.8) is 0 Å². The van der Waals surface area contributed by atoms with Crippen LogP contribution >= 0.6 is 7.60 Å². The van der Waals surface area contributed by atoms with Crippen LogP contribution in [0.4, 0.5) is 0 Å². The Bertz CT molecular complexity index is 217. The first kappa shape index (κ1) is 16.0. The maximum absolute atomic E-state index is 11.5. The smallest absolute Gasteiger partial charge is 0.332 e. The summed E-state index contributed by atoms with van der Waals surface area (Å²) in [5.74, 6) is 0. The van der Waals surface area contributed by atoms with Crippen LogP contribution in [0.25, 0.3) is 0 Å². The highest BCUT2D eigenvalue weighted by molar-refractivity contribution is 7.53. The minimum Gasteiger partial charge on any atom is -0.352 e. The highest BCUT2D eigenvalue weighted by Crippen LogP contribution is 2.45. The van der Waals surface area contributed by atoms with E-state index in [1.807, 2.05) is 20.8 Å².